The van der Waals surface area contributed by atoms with Crippen LogP contribution in [0.1, 0.15) is 17.0 Å². The number of hydrogen-bond donors (Lipinski definition) is 2. The zero-order chi connectivity index (χ0) is 13.8. The predicted octanol–water partition coefficient (Wildman–Crippen LogP) is 2.47. The molecule has 0 fully saturated rings. The molecule has 0 heterocycles. The maximum atomic E-state index is 12.7. The van der Waals surface area contributed by atoms with Gasteiger partial charge in [0.25, 0.3) is 0 Å². The average Bonchev–Trinajstić information content (AvgIpc) is 2.28. The molecule has 2 N–H and O–H groups in total. The molecule has 7 heteroatoms. The van der Waals surface area contributed by atoms with Crippen molar-refractivity contribution in [1.29, 1.82) is 5.26 Å². The highest BCUT2D eigenvalue weighted by Gasteiger charge is 2.40. The van der Waals surface area contributed by atoms with Crippen molar-refractivity contribution in [2.24, 2.45) is 0 Å². The third-order valence-corrected chi connectivity index (χ3v) is 2.29. The topological polar surface area (TPSA) is 73.1 Å². The van der Waals surface area contributed by atoms with Gasteiger partial charge in [-0.05, 0) is 17.7 Å². The van der Waals surface area contributed by atoms with Crippen LogP contribution in [0.25, 0.3) is 0 Å². The van der Waals surface area contributed by atoms with E-state index < -0.39 is 24.7 Å². The summed E-state index contributed by atoms with van der Waals surface area (Å²) in [6.45, 7) is -0.759. The molecule has 18 heavy (non-hydrogen) atoms. The number of carbonyl (C=O) groups is 1. The van der Waals surface area contributed by atoms with Gasteiger partial charge in [-0.3, -0.25) is 0 Å². The molecule has 0 spiro atoms. The number of halogens is 3. The second kappa shape index (κ2) is 5.40. The SMILES string of the molecule is N#Cc1ccc(C(CNC(=O)O)C(F)(F)F)cc1. The zero-order valence-electron chi connectivity index (χ0n) is 9.03. The number of alkyl halides is 3. The molecule has 0 bridgehead atoms. The van der Waals surface area contributed by atoms with Crippen molar-refractivity contribution in [2.75, 3.05) is 6.54 Å². The Morgan fingerprint density at radius 2 is 1.94 bits per heavy atom. The van der Waals surface area contributed by atoms with Crippen molar-refractivity contribution in [2.45, 2.75) is 12.1 Å². The molecule has 96 valence electrons. The molecule has 0 radical (unpaired) electrons. The number of benzene rings is 1. The van der Waals surface area contributed by atoms with E-state index in [2.05, 4.69) is 0 Å². The predicted molar refractivity (Wildman–Crippen MR) is 56.0 cm³/mol. The highest BCUT2D eigenvalue weighted by Crippen LogP contribution is 2.34. The molecule has 0 aliphatic rings. The van der Waals surface area contributed by atoms with Crippen LogP contribution in [-0.4, -0.2) is 23.9 Å². The molecule has 1 unspecified atom stereocenters. The van der Waals surface area contributed by atoms with Crippen LogP contribution in [-0.2, 0) is 0 Å². The first kappa shape index (κ1) is 13.8. The van der Waals surface area contributed by atoms with E-state index in [9.17, 15) is 18.0 Å². The summed E-state index contributed by atoms with van der Waals surface area (Å²) in [6.07, 6.45) is -6.07. The van der Waals surface area contributed by atoms with Gasteiger partial charge >= 0.3 is 12.3 Å². The summed E-state index contributed by atoms with van der Waals surface area (Å²) >= 11 is 0. The summed E-state index contributed by atoms with van der Waals surface area (Å²) in [7, 11) is 0. The lowest BCUT2D eigenvalue weighted by molar-refractivity contribution is -0.149. The molecular formula is C11H9F3N2O2. The first-order valence-corrected chi connectivity index (χ1v) is 4.88. The lowest BCUT2D eigenvalue weighted by Gasteiger charge is -2.20. The Balaban J connectivity index is 2.95. The Morgan fingerprint density at radius 1 is 1.39 bits per heavy atom. The van der Waals surface area contributed by atoms with Crippen LogP contribution in [0.15, 0.2) is 24.3 Å². The number of carboxylic acid groups (broad SMARTS) is 1. The molecule has 1 atom stereocenters. The van der Waals surface area contributed by atoms with E-state index >= 15 is 0 Å². The Hall–Kier alpha value is -2.23. The van der Waals surface area contributed by atoms with Crippen LogP contribution >= 0.6 is 0 Å². The Labute approximate surface area is 101 Å². The maximum absolute atomic E-state index is 12.7. The summed E-state index contributed by atoms with van der Waals surface area (Å²) < 4.78 is 38.2. The molecular weight excluding hydrogens is 249 g/mol. The minimum absolute atomic E-state index is 0.0877. The number of amides is 1. The number of nitrogens with one attached hydrogen (secondary N) is 1. The van der Waals surface area contributed by atoms with Gasteiger partial charge < -0.3 is 10.4 Å². The number of nitrogens with zero attached hydrogens (tertiary/aromatic N) is 1. The van der Waals surface area contributed by atoms with E-state index in [-0.39, 0.29) is 11.1 Å². The smallest absolute Gasteiger partial charge is 0.404 e. The Morgan fingerprint density at radius 3 is 2.33 bits per heavy atom. The maximum Gasteiger partial charge on any atom is 0.404 e. The molecule has 0 aliphatic carbocycles. The fourth-order valence-corrected chi connectivity index (χ4v) is 1.40. The highest BCUT2D eigenvalue weighted by atomic mass is 19.4. The normalized spacial score (nSPS) is 12.6. The monoisotopic (exact) mass is 258 g/mol. The third kappa shape index (κ3) is 3.66. The van der Waals surface area contributed by atoms with Gasteiger partial charge in [0.15, 0.2) is 0 Å². The van der Waals surface area contributed by atoms with E-state index in [0.717, 1.165) is 0 Å². The molecule has 1 amide bonds. The number of hydrogen-bond acceptors (Lipinski definition) is 2. The fourth-order valence-electron chi connectivity index (χ4n) is 1.40. The summed E-state index contributed by atoms with van der Waals surface area (Å²) in [5, 5.41) is 18.6. The minimum atomic E-state index is -4.56. The Kier molecular flexibility index (Phi) is 4.15. The van der Waals surface area contributed by atoms with Crippen molar-refractivity contribution in [3.05, 3.63) is 35.4 Å². The van der Waals surface area contributed by atoms with Gasteiger partial charge in [-0.25, -0.2) is 4.79 Å². The van der Waals surface area contributed by atoms with Crippen molar-refractivity contribution >= 4 is 6.09 Å². The fraction of sp³-hybridized carbons (Fsp3) is 0.273. The lowest BCUT2D eigenvalue weighted by atomic mass is 9.97. The van der Waals surface area contributed by atoms with Gasteiger partial charge in [0.1, 0.15) is 0 Å². The molecule has 0 aliphatic heterocycles. The number of rotatable bonds is 3. The van der Waals surface area contributed by atoms with Gasteiger partial charge in [0, 0.05) is 6.54 Å². The van der Waals surface area contributed by atoms with Crippen molar-refractivity contribution in [3.63, 3.8) is 0 Å². The van der Waals surface area contributed by atoms with Gasteiger partial charge in [-0.1, -0.05) is 12.1 Å². The van der Waals surface area contributed by atoms with Gasteiger partial charge in [0.2, 0.25) is 0 Å². The second-order valence-electron chi connectivity index (χ2n) is 3.51. The van der Waals surface area contributed by atoms with E-state index in [1.807, 2.05) is 0 Å². The molecule has 1 aromatic carbocycles. The van der Waals surface area contributed by atoms with Crippen LogP contribution < -0.4 is 5.32 Å². The van der Waals surface area contributed by atoms with Gasteiger partial charge in [-0.15, -0.1) is 0 Å². The second-order valence-corrected chi connectivity index (χ2v) is 3.51. The molecule has 4 nitrogen and oxygen atoms in total. The van der Waals surface area contributed by atoms with E-state index in [0.29, 0.717) is 0 Å². The molecule has 0 aromatic heterocycles. The van der Waals surface area contributed by atoms with Crippen molar-refractivity contribution in [1.82, 2.24) is 5.32 Å². The van der Waals surface area contributed by atoms with Gasteiger partial charge in [-0.2, -0.15) is 18.4 Å². The first-order valence-electron chi connectivity index (χ1n) is 4.88. The van der Waals surface area contributed by atoms with Gasteiger partial charge in [0.05, 0.1) is 17.6 Å². The first-order chi connectivity index (χ1) is 8.34. The zero-order valence-corrected chi connectivity index (χ0v) is 9.03. The van der Waals surface area contributed by atoms with Crippen LogP contribution in [0, 0.1) is 11.3 Å². The quantitative estimate of drug-likeness (QED) is 0.874. The molecule has 1 aromatic rings. The summed E-state index contributed by atoms with van der Waals surface area (Å²) in [6, 6.07) is 6.64. The summed E-state index contributed by atoms with van der Waals surface area (Å²) in [5.41, 5.74) is 0.154. The van der Waals surface area contributed by atoms with E-state index in [1.54, 1.807) is 11.4 Å². The van der Waals surface area contributed by atoms with Crippen LogP contribution in [0.3, 0.4) is 0 Å². The molecule has 0 saturated heterocycles. The molecule has 1 rings (SSSR count). The largest absolute Gasteiger partial charge is 0.465 e. The highest BCUT2D eigenvalue weighted by molar-refractivity contribution is 5.64. The molecule has 0 saturated carbocycles. The van der Waals surface area contributed by atoms with Crippen LogP contribution in [0.4, 0.5) is 18.0 Å². The Bertz CT molecular complexity index is 463. The van der Waals surface area contributed by atoms with Crippen LogP contribution in [0.5, 0.6) is 0 Å². The van der Waals surface area contributed by atoms with E-state index in [4.69, 9.17) is 10.4 Å². The third-order valence-electron chi connectivity index (χ3n) is 2.29. The standard InChI is InChI=1S/C11H9F3N2O2/c12-11(13,14)9(6-16-10(17)18)8-3-1-7(5-15)2-4-8/h1-4,9,16H,6H2,(H,17,18). The summed E-state index contributed by atoms with van der Waals surface area (Å²) in [4.78, 5) is 10.2. The van der Waals surface area contributed by atoms with Crippen LogP contribution in [0.2, 0.25) is 0 Å². The number of nitriles is 1. The van der Waals surface area contributed by atoms with E-state index in [1.165, 1.54) is 24.3 Å². The van der Waals surface area contributed by atoms with Crippen molar-refractivity contribution in [3.8, 4) is 6.07 Å². The lowest BCUT2D eigenvalue weighted by Crippen LogP contribution is -2.34. The minimum Gasteiger partial charge on any atom is -0.465 e. The van der Waals surface area contributed by atoms with Crippen molar-refractivity contribution < 1.29 is 23.1 Å². The summed E-state index contributed by atoms with van der Waals surface area (Å²) in [5.74, 6) is -1.93. The average molecular weight is 258 g/mol.